The Hall–Kier alpha value is -2.36. The van der Waals surface area contributed by atoms with Gasteiger partial charge in [0.1, 0.15) is 0 Å². The lowest BCUT2D eigenvalue weighted by atomic mass is 10.0. The Bertz CT molecular complexity index is 655. The van der Waals surface area contributed by atoms with Gasteiger partial charge >= 0.3 is 6.09 Å². The molecule has 1 heterocycles. The Morgan fingerprint density at radius 3 is 2.57 bits per heavy atom. The average Bonchev–Trinajstić information content (AvgIpc) is 2.54. The fraction of sp³-hybridized carbons (Fsp3) is 0.235. The summed E-state index contributed by atoms with van der Waals surface area (Å²) in [6.07, 6.45) is -0.603. The summed E-state index contributed by atoms with van der Waals surface area (Å²) in [6, 6.07) is 16.9. The molecule has 108 valence electrons. The van der Waals surface area contributed by atoms with Crippen LogP contribution in [0.25, 0.3) is 0 Å². The number of nitrogens with zero attached hydrogens (tertiary/aromatic N) is 1. The highest BCUT2D eigenvalue weighted by atomic mass is 19.2. The molecule has 1 aliphatic heterocycles. The lowest BCUT2D eigenvalue weighted by molar-refractivity contribution is -0.0738. The maximum Gasteiger partial charge on any atom is 0.417 e. The molecular weight excluding hydrogens is 269 g/mol. The van der Waals surface area contributed by atoms with Crippen LogP contribution < -0.4 is 4.90 Å². The van der Waals surface area contributed by atoms with E-state index >= 15 is 0 Å². The van der Waals surface area contributed by atoms with Crippen LogP contribution in [0, 0.1) is 0 Å². The van der Waals surface area contributed by atoms with Gasteiger partial charge in [-0.05, 0) is 17.2 Å². The second-order valence-electron chi connectivity index (χ2n) is 5.35. The first-order chi connectivity index (χ1) is 10.1. The van der Waals surface area contributed by atoms with Crippen molar-refractivity contribution in [1.29, 1.82) is 0 Å². The molecule has 1 aliphatic rings. The lowest BCUT2D eigenvalue weighted by Gasteiger charge is -2.22. The number of anilines is 1. The summed E-state index contributed by atoms with van der Waals surface area (Å²) in [5.74, 6) is -1.99. The van der Waals surface area contributed by atoms with Gasteiger partial charge in [-0.25, -0.2) is 4.79 Å². The minimum Gasteiger partial charge on any atom is -0.412 e. The third-order valence-corrected chi connectivity index (χ3v) is 3.49. The number of halogens is 1. The number of hydrogen-bond donors (Lipinski definition) is 0. The van der Waals surface area contributed by atoms with Crippen molar-refractivity contribution in [3.63, 3.8) is 0 Å². The Labute approximate surface area is 123 Å². The second-order valence-corrected chi connectivity index (χ2v) is 5.35. The molecule has 3 nitrogen and oxygen atoms in total. The Kier molecular flexibility index (Phi) is 3.37. The van der Waals surface area contributed by atoms with Crippen molar-refractivity contribution < 1.29 is 13.9 Å². The van der Waals surface area contributed by atoms with Gasteiger partial charge in [0.2, 0.25) is 0 Å². The molecule has 0 bridgehead atoms. The number of carbonyl (C=O) groups is 1. The standard InChI is InChI=1S/C17H16FNO2/c1-17(18)11-14-9-5-6-10-15(14)19(16(20)21-17)12-13-7-3-2-4-8-13/h2-10H,11-12H2,1H3. The molecule has 1 amide bonds. The van der Waals surface area contributed by atoms with Crippen LogP contribution in [0.4, 0.5) is 14.9 Å². The number of ether oxygens (including phenoxy) is 1. The fourth-order valence-electron chi connectivity index (χ4n) is 2.55. The van der Waals surface area contributed by atoms with E-state index in [1.54, 1.807) is 0 Å². The van der Waals surface area contributed by atoms with Gasteiger partial charge in [-0.3, -0.25) is 4.90 Å². The molecular formula is C17H16FNO2. The van der Waals surface area contributed by atoms with Gasteiger partial charge < -0.3 is 4.74 Å². The van der Waals surface area contributed by atoms with Gasteiger partial charge in [0.05, 0.1) is 12.2 Å². The number of alkyl halides is 1. The molecule has 3 rings (SSSR count). The number of benzene rings is 2. The van der Waals surface area contributed by atoms with E-state index < -0.39 is 11.9 Å². The minimum absolute atomic E-state index is 0.0558. The molecule has 0 aliphatic carbocycles. The molecule has 0 aromatic heterocycles. The first-order valence-electron chi connectivity index (χ1n) is 6.86. The maximum absolute atomic E-state index is 14.3. The molecule has 1 unspecified atom stereocenters. The van der Waals surface area contributed by atoms with E-state index in [-0.39, 0.29) is 6.42 Å². The molecule has 2 aromatic rings. The molecule has 4 heteroatoms. The minimum atomic E-state index is -1.99. The quantitative estimate of drug-likeness (QED) is 0.832. The third-order valence-electron chi connectivity index (χ3n) is 3.49. The normalized spacial score (nSPS) is 21.4. The van der Waals surface area contributed by atoms with Gasteiger partial charge in [0.15, 0.2) is 0 Å². The predicted octanol–water partition coefficient (Wildman–Crippen LogP) is 4.07. The summed E-state index contributed by atoms with van der Waals surface area (Å²) in [5, 5.41) is 0. The summed E-state index contributed by atoms with van der Waals surface area (Å²) < 4.78 is 19.3. The summed E-state index contributed by atoms with van der Waals surface area (Å²) in [4.78, 5) is 13.7. The first-order valence-corrected chi connectivity index (χ1v) is 6.86. The molecule has 1 atom stereocenters. The van der Waals surface area contributed by atoms with Crippen molar-refractivity contribution in [3.8, 4) is 0 Å². The number of carbonyl (C=O) groups excluding carboxylic acids is 1. The zero-order chi connectivity index (χ0) is 14.9. The highest BCUT2D eigenvalue weighted by Crippen LogP contribution is 2.33. The summed E-state index contributed by atoms with van der Waals surface area (Å²) in [5.41, 5.74) is 2.43. The van der Waals surface area contributed by atoms with Crippen molar-refractivity contribution in [1.82, 2.24) is 0 Å². The highest BCUT2D eigenvalue weighted by Gasteiger charge is 2.36. The second kappa shape index (κ2) is 5.20. The summed E-state index contributed by atoms with van der Waals surface area (Å²) in [7, 11) is 0. The van der Waals surface area contributed by atoms with E-state index in [9.17, 15) is 9.18 Å². The fourth-order valence-corrected chi connectivity index (χ4v) is 2.55. The van der Waals surface area contributed by atoms with Crippen LogP contribution in [0.3, 0.4) is 0 Å². The molecule has 0 fully saturated rings. The number of fused-ring (bicyclic) bond motifs is 1. The van der Waals surface area contributed by atoms with Crippen molar-refractivity contribution in [2.45, 2.75) is 25.7 Å². The smallest absolute Gasteiger partial charge is 0.412 e. The zero-order valence-electron chi connectivity index (χ0n) is 11.8. The van der Waals surface area contributed by atoms with Crippen LogP contribution in [-0.2, 0) is 17.7 Å². The Morgan fingerprint density at radius 1 is 1.14 bits per heavy atom. The highest BCUT2D eigenvalue weighted by molar-refractivity contribution is 5.89. The number of hydrogen-bond acceptors (Lipinski definition) is 2. The summed E-state index contributed by atoms with van der Waals surface area (Å²) in [6.45, 7) is 1.64. The number of para-hydroxylation sites is 1. The van der Waals surface area contributed by atoms with Crippen LogP contribution in [-0.4, -0.2) is 11.9 Å². The van der Waals surface area contributed by atoms with E-state index in [0.717, 1.165) is 11.1 Å². The molecule has 2 aromatic carbocycles. The molecule has 0 saturated heterocycles. The van der Waals surface area contributed by atoms with Crippen LogP contribution in [0.2, 0.25) is 0 Å². The van der Waals surface area contributed by atoms with E-state index in [0.29, 0.717) is 12.2 Å². The van der Waals surface area contributed by atoms with Crippen molar-refractivity contribution in [2.24, 2.45) is 0 Å². The van der Waals surface area contributed by atoms with E-state index in [1.165, 1.54) is 11.8 Å². The Morgan fingerprint density at radius 2 is 1.81 bits per heavy atom. The molecule has 21 heavy (non-hydrogen) atoms. The van der Waals surface area contributed by atoms with Crippen LogP contribution in [0.5, 0.6) is 0 Å². The summed E-state index contributed by atoms with van der Waals surface area (Å²) >= 11 is 0. The largest absolute Gasteiger partial charge is 0.417 e. The van der Waals surface area contributed by atoms with Crippen LogP contribution in [0.1, 0.15) is 18.1 Å². The average molecular weight is 285 g/mol. The zero-order valence-corrected chi connectivity index (χ0v) is 11.8. The maximum atomic E-state index is 14.3. The van der Waals surface area contributed by atoms with Crippen molar-refractivity contribution >= 4 is 11.8 Å². The van der Waals surface area contributed by atoms with Crippen molar-refractivity contribution in [2.75, 3.05) is 4.90 Å². The van der Waals surface area contributed by atoms with Crippen LogP contribution >= 0.6 is 0 Å². The molecule has 0 radical (unpaired) electrons. The van der Waals surface area contributed by atoms with Crippen LogP contribution in [0.15, 0.2) is 54.6 Å². The van der Waals surface area contributed by atoms with Gasteiger partial charge in [-0.1, -0.05) is 48.5 Å². The molecule has 0 N–H and O–H groups in total. The SMILES string of the molecule is CC1(F)Cc2ccccc2N(Cc2ccccc2)C(=O)O1. The molecule has 0 saturated carbocycles. The number of rotatable bonds is 2. The van der Waals surface area contributed by atoms with E-state index in [4.69, 9.17) is 4.74 Å². The van der Waals surface area contributed by atoms with Gasteiger partial charge in [-0.15, -0.1) is 0 Å². The van der Waals surface area contributed by atoms with E-state index in [2.05, 4.69) is 0 Å². The first kappa shape index (κ1) is 13.6. The van der Waals surface area contributed by atoms with E-state index in [1.807, 2.05) is 54.6 Å². The predicted molar refractivity (Wildman–Crippen MR) is 78.8 cm³/mol. The van der Waals surface area contributed by atoms with Crippen molar-refractivity contribution in [3.05, 3.63) is 65.7 Å². The monoisotopic (exact) mass is 285 g/mol. The Balaban J connectivity index is 2.00. The van der Waals surface area contributed by atoms with Gasteiger partial charge in [0.25, 0.3) is 5.85 Å². The number of cyclic esters (lactones) is 1. The van der Waals surface area contributed by atoms with Gasteiger partial charge in [0, 0.05) is 13.3 Å². The van der Waals surface area contributed by atoms with Gasteiger partial charge in [-0.2, -0.15) is 4.39 Å². The lowest BCUT2D eigenvalue weighted by Crippen LogP contribution is -2.35. The third kappa shape index (κ3) is 2.89. The topological polar surface area (TPSA) is 29.5 Å². The number of amides is 1. The molecule has 0 spiro atoms.